The highest BCUT2D eigenvalue weighted by molar-refractivity contribution is 7.80. The van der Waals surface area contributed by atoms with E-state index in [1.54, 1.807) is 36.4 Å². The molecule has 0 bridgehead atoms. The average Bonchev–Trinajstić information content (AvgIpc) is 2.72. The maximum absolute atomic E-state index is 12.4. The van der Waals surface area contributed by atoms with Gasteiger partial charge in [-0.2, -0.15) is 0 Å². The molecule has 6 nitrogen and oxygen atoms in total. The third-order valence-corrected chi connectivity index (χ3v) is 4.98. The van der Waals surface area contributed by atoms with Crippen molar-refractivity contribution in [2.75, 3.05) is 17.2 Å². The highest BCUT2D eigenvalue weighted by Crippen LogP contribution is 2.22. The van der Waals surface area contributed by atoms with Crippen molar-refractivity contribution in [2.24, 2.45) is 5.73 Å². The van der Waals surface area contributed by atoms with Crippen LogP contribution in [-0.4, -0.2) is 23.5 Å². The van der Waals surface area contributed by atoms with Gasteiger partial charge in [-0.1, -0.05) is 39.3 Å². The van der Waals surface area contributed by atoms with Gasteiger partial charge in [0, 0.05) is 23.4 Å². The Hall–Kier alpha value is -2.77. The quantitative estimate of drug-likeness (QED) is 0.356. The molecule has 0 atom stereocenters. The number of nitrogens with two attached hydrogens (primary N) is 1. The lowest BCUT2D eigenvalue weighted by atomic mass is 9.87. The molecule has 0 aromatic heterocycles. The van der Waals surface area contributed by atoms with Gasteiger partial charge in [-0.25, -0.2) is 0 Å². The predicted molar refractivity (Wildman–Crippen MR) is 131 cm³/mol. The first kappa shape index (κ1) is 24.5. The molecule has 0 saturated heterocycles. The lowest BCUT2D eigenvalue weighted by molar-refractivity contribution is -0.116. The molecule has 7 heteroatoms. The number of benzene rings is 2. The lowest BCUT2D eigenvalue weighted by Gasteiger charge is -2.19. The number of hydrogen-bond donors (Lipinski definition) is 4. The second-order valence-corrected chi connectivity index (χ2v) is 8.87. The van der Waals surface area contributed by atoms with Crippen LogP contribution in [0.3, 0.4) is 0 Å². The molecule has 0 aliphatic heterocycles. The first-order chi connectivity index (χ1) is 14.7. The van der Waals surface area contributed by atoms with Crippen LogP contribution in [0.4, 0.5) is 11.4 Å². The van der Waals surface area contributed by atoms with E-state index in [0.29, 0.717) is 29.9 Å². The number of unbranched alkanes of at least 4 members (excludes halogenated alkanes) is 2. The number of nitrogens with one attached hydrogen (secondary N) is 3. The molecular formula is C24H32N4O2S. The molecule has 2 aromatic carbocycles. The third kappa shape index (κ3) is 8.47. The lowest BCUT2D eigenvalue weighted by Crippen LogP contribution is -2.34. The van der Waals surface area contributed by atoms with Gasteiger partial charge in [0.05, 0.1) is 0 Å². The van der Waals surface area contributed by atoms with Crippen molar-refractivity contribution < 1.29 is 9.59 Å². The Kier molecular flexibility index (Phi) is 9.15. The molecule has 0 heterocycles. The first-order valence-electron chi connectivity index (χ1n) is 10.5. The molecule has 31 heavy (non-hydrogen) atoms. The Bertz CT molecular complexity index is 887. The minimum Gasteiger partial charge on any atom is -0.332 e. The van der Waals surface area contributed by atoms with Crippen molar-refractivity contribution in [2.45, 2.75) is 51.9 Å². The van der Waals surface area contributed by atoms with E-state index in [1.165, 1.54) is 0 Å². The zero-order chi connectivity index (χ0) is 22.9. The highest BCUT2D eigenvalue weighted by Gasteiger charge is 2.14. The Morgan fingerprint density at radius 3 is 2.00 bits per heavy atom. The van der Waals surface area contributed by atoms with Crippen LogP contribution in [0.25, 0.3) is 0 Å². The largest absolute Gasteiger partial charge is 0.332 e. The van der Waals surface area contributed by atoms with Gasteiger partial charge in [0.25, 0.3) is 5.91 Å². The van der Waals surface area contributed by atoms with Crippen LogP contribution >= 0.6 is 12.2 Å². The van der Waals surface area contributed by atoms with E-state index in [0.717, 1.165) is 24.8 Å². The van der Waals surface area contributed by atoms with E-state index < -0.39 is 0 Å². The molecule has 0 aliphatic rings. The van der Waals surface area contributed by atoms with Crippen LogP contribution in [0.5, 0.6) is 0 Å². The number of rotatable bonds is 8. The Morgan fingerprint density at radius 1 is 0.871 bits per heavy atom. The van der Waals surface area contributed by atoms with Gasteiger partial charge >= 0.3 is 0 Å². The van der Waals surface area contributed by atoms with Crippen LogP contribution in [0.2, 0.25) is 0 Å². The van der Waals surface area contributed by atoms with Gasteiger partial charge in [-0.05, 0) is 79.0 Å². The van der Waals surface area contributed by atoms with Gasteiger partial charge in [0.1, 0.15) is 0 Å². The van der Waals surface area contributed by atoms with Gasteiger partial charge < -0.3 is 16.4 Å². The topological polar surface area (TPSA) is 96.2 Å². The molecule has 0 aliphatic carbocycles. The molecule has 0 unspecified atom stereocenters. The summed E-state index contributed by atoms with van der Waals surface area (Å²) in [6.07, 6.45) is 3.20. The van der Waals surface area contributed by atoms with Crippen molar-refractivity contribution in [3.05, 3.63) is 59.7 Å². The molecule has 166 valence electrons. The van der Waals surface area contributed by atoms with Crippen LogP contribution in [0.15, 0.2) is 48.5 Å². The summed E-state index contributed by atoms with van der Waals surface area (Å²) in [5.74, 6) is -0.283. The van der Waals surface area contributed by atoms with Gasteiger partial charge in [-0.15, -0.1) is 0 Å². The van der Waals surface area contributed by atoms with E-state index in [9.17, 15) is 9.59 Å². The van der Waals surface area contributed by atoms with Crippen molar-refractivity contribution in [1.29, 1.82) is 0 Å². The zero-order valence-corrected chi connectivity index (χ0v) is 19.3. The van der Waals surface area contributed by atoms with Crippen molar-refractivity contribution in [3.8, 4) is 0 Å². The molecule has 0 spiro atoms. The summed E-state index contributed by atoms with van der Waals surface area (Å²) in [7, 11) is 0. The normalized spacial score (nSPS) is 11.0. The van der Waals surface area contributed by atoms with Crippen LogP contribution in [0.1, 0.15) is 62.4 Å². The number of carbonyl (C=O) groups excluding carboxylic acids is 2. The van der Waals surface area contributed by atoms with E-state index in [4.69, 9.17) is 18.0 Å². The molecule has 2 amide bonds. The summed E-state index contributed by atoms with van der Waals surface area (Å²) in [4.78, 5) is 24.4. The fourth-order valence-corrected chi connectivity index (χ4v) is 3.14. The highest BCUT2D eigenvalue weighted by atomic mass is 32.1. The summed E-state index contributed by atoms with van der Waals surface area (Å²) in [6, 6.07) is 14.7. The summed E-state index contributed by atoms with van der Waals surface area (Å²) in [6.45, 7) is 7.03. The summed E-state index contributed by atoms with van der Waals surface area (Å²) in [5.41, 5.74) is 8.62. The van der Waals surface area contributed by atoms with Gasteiger partial charge in [0.15, 0.2) is 5.11 Å². The average molecular weight is 441 g/mol. The number of anilines is 2. The van der Waals surface area contributed by atoms with E-state index >= 15 is 0 Å². The second-order valence-electron chi connectivity index (χ2n) is 8.46. The number of carbonyl (C=O) groups is 2. The summed E-state index contributed by atoms with van der Waals surface area (Å²) >= 11 is 5.25. The number of hydrogen-bond acceptors (Lipinski definition) is 4. The standard InChI is InChI=1S/C24H32N4O2S/c1-24(2,3)18-10-8-17(9-11-18)22(30)28-23(31)27-20-14-12-19(13-15-20)26-21(29)7-5-4-6-16-25/h8-15H,4-7,16,25H2,1-3H3,(H,26,29)(H2,27,28,30,31). The Labute approximate surface area is 190 Å². The monoisotopic (exact) mass is 440 g/mol. The van der Waals surface area contributed by atoms with Crippen LogP contribution < -0.4 is 21.7 Å². The Morgan fingerprint density at radius 2 is 1.45 bits per heavy atom. The summed E-state index contributed by atoms with van der Waals surface area (Å²) < 4.78 is 0. The van der Waals surface area contributed by atoms with Crippen molar-refractivity contribution in [1.82, 2.24) is 5.32 Å². The smallest absolute Gasteiger partial charge is 0.257 e. The SMILES string of the molecule is CC(C)(C)c1ccc(C(=O)NC(=S)Nc2ccc(NC(=O)CCCCCN)cc2)cc1. The van der Waals surface area contributed by atoms with Gasteiger partial charge in [0.2, 0.25) is 5.91 Å². The molecule has 5 N–H and O–H groups in total. The van der Waals surface area contributed by atoms with E-state index in [2.05, 4.69) is 36.7 Å². The predicted octanol–water partition coefficient (Wildman–Crippen LogP) is 4.57. The van der Waals surface area contributed by atoms with Crippen molar-refractivity contribution >= 4 is 40.5 Å². The van der Waals surface area contributed by atoms with Gasteiger partial charge in [-0.3, -0.25) is 14.9 Å². The molecule has 0 saturated carbocycles. The van der Waals surface area contributed by atoms with Crippen molar-refractivity contribution in [3.63, 3.8) is 0 Å². The van der Waals surface area contributed by atoms with E-state index in [1.807, 2.05) is 12.1 Å². The number of amides is 2. The van der Waals surface area contributed by atoms with E-state index in [-0.39, 0.29) is 22.3 Å². The molecule has 2 aromatic rings. The first-order valence-corrected chi connectivity index (χ1v) is 10.9. The maximum Gasteiger partial charge on any atom is 0.257 e. The third-order valence-electron chi connectivity index (χ3n) is 4.77. The van der Waals surface area contributed by atoms with Crippen LogP contribution in [-0.2, 0) is 10.2 Å². The summed E-state index contributed by atoms with van der Waals surface area (Å²) in [5, 5.41) is 8.75. The minimum absolute atomic E-state index is 0.0157. The minimum atomic E-state index is -0.267. The Balaban J connectivity index is 1.82. The van der Waals surface area contributed by atoms with Crippen LogP contribution in [0, 0.1) is 0 Å². The molecule has 2 rings (SSSR count). The molecule has 0 radical (unpaired) electrons. The maximum atomic E-state index is 12.4. The second kappa shape index (κ2) is 11.6. The molecular weight excluding hydrogens is 408 g/mol. The fraction of sp³-hybridized carbons (Fsp3) is 0.375. The molecule has 0 fully saturated rings. The zero-order valence-electron chi connectivity index (χ0n) is 18.5. The fourth-order valence-electron chi connectivity index (χ4n) is 2.93. The number of thiocarbonyl (C=S) groups is 1.